The molecular formula is C19H25N3O5. The van der Waals surface area contributed by atoms with Crippen LogP contribution < -0.4 is 11.1 Å². The van der Waals surface area contributed by atoms with E-state index in [1.807, 2.05) is 44.2 Å². The predicted molar refractivity (Wildman–Crippen MR) is 97.7 cm³/mol. The van der Waals surface area contributed by atoms with Gasteiger partial charge in [-0.15, -0.1) is 0 Å². The number of likely N-dealkylation sites (tertiary alicyclic amines) is 1. The summed E-state index contributed by atoms with van der Waals surface area (Å²) in [5, 5.41) is 11.3. The molecule has 0 bridgehead atoms. The second kappa shape index (κ2) is 8.77. The number of hydrogen-bond donors (Lipinski definition) is 3. The molecule has 4 N–H and O–H groups in total. The monoisotopic (exact) mass is 375 g/mol. The Morgan fingerprint density at radius 2 is 1.93 bits per heavy atom. The van der Waals surface area contributed by atoms with Gasteiger partial charge in [0, 0.05) is 12.5 Å². The highest BCUT2D eigenvalue weighted by atomic mass is 16.4. The van der Waals surface area contributed by atoms with Gasteiger partial charge in [0.2, 0.25) is 11.8 Å². The second-order valence-corrected chi connectivity index (χ2v) is 7.07. The number of carboxylic acids is 1. The van der Waals surface area contributed by atoms with E-state index in [-0.39, 0.29) is 17.7 Å². The summed E-state index contributed by atoms with van der Waals surface area (Å²) in [7, 11) is 0. The van der Waals surface area contributed by atoms with E-state index in [9.17, 15) is 19.2 Å². The molecule has 1 aliphatic heterocycles. The lowest BCUT2D eigenvalue weighted by molar-refractivity contribution is -0.152. The predicted octanol–water partition coefficient (Wildman–Crippen LogP) is 0.123. The fraction of sp³-hybridized carbons (Fsp3) is 0.474. The summed E-state index contributed by atoms with van der Waals surface area (Å²) >= 11 is 0. The quantitative estimate of drug-likeness (QED) is 0.554. The Morgan fingerprint density at radius 3 is 2.44 bits per heavy atom. The van der Waals surface area contributed by atoms with Gasteiger partial charge in [-0.1, -0.05) is 44.2 Å². The summed E-state index contributed by atoms with van der Waals surface area (Å²) in [5.74, 6) is -2.43. The number of rotatable bonds is 8. The zero-order chi connectivity index (χ0) is 20.1. The van der Waals surface area contributed by atoms with Gasteiger partial charge in [-0.2, -0.15) is 0 Å². The fourth-order valence-electron chi connectivity index (χ4n) is 3.11. The maximum absolute atomic E-state index is 12.8. The summed E-state index contributed by atoms with van der Waals surface area (Å²) in [4.78, 5) is 48.7. The first-order chi connectivity index (χ1) is 12.8. The zero-order valence-electron chi connectivity index (χ0n) is 15.4. The minimum absolute atomic E-state index is 0.0910. The zero-order valence-corrected chi connectivity index (χ0v) is 15.4. The summed E-state index contributed by atoms with van der Waals surface area (Å²) < 4.78 is 0. The number of nitrogens with zero attached hydrogens (tertiary/aromatic N) is 1. The van der Waals surface area contributed by atoms with E-state index in [2.05, 4.69) is 5.32 Å². The van der Waals surface area contributed by atoms with Crippen molar-refractivity contribution >= 4 is 24.1 Å². The van der Waals surface area contributed by atoms with Gasteiger partial charge in [0.15, 0.2) is 0 Å². The van der Waals surface area contributed by atoms with Gasteiger partial charge >= 0.3 is 5.97 Å². The Labute approximate surface area is 157 Å². The standard InChI is InChI=1S/C19H25N3O5/c1-11(2)16(20)19(27)22-9-14(12-6-4-3-5-7-12)17(22)18(26)21-13(10-23)8-15(24)25/h3-7,10-11,13-14,16-17H,8-9,20H2,1-2H3,(H,21,26)(H,24,25)/t13-,14?,16-,17-/m0/s1. The van der Waals surface area contributed by atoms with E-state index in [1.54, 1.807) is 0 Å². The number of benzene rings is 1. The number of nitrogens with two attached hydrogens (primary N) is 1. The molecule has 0 saturated carbocycles. The average molecular weight is 375 g/mol. The molecule has 0 aromatic heterocycles. The Kier molecular flexibility index (Phi) is 6.68. The highest BCUT2D eigenvalue weighted by Crippen LogP contribution is 2.35. The highest BCUT2D eigenvalue weighted by Gasteiger charge is 2.48. The number of nitrogens with one attached hydrogen (secondary N) is 1. The molecule has 1 unspecified atom stereocenters. The molecule has 1 aromatic rings. The van der Waals surface area contributed by atoms with Crippen LogP contribution in [0.25, 0.3) is 0 Å². The number of aliphatic carboxylic acids is 1. The van der Waals surface area contributed by atoms with E-state index in [0.29, 0.717) is 12.8 Å². The molecular weight excluding hydrogens is 350 g/mol. The number of aldehydes is 1. The van der Waals surface area contributed by atoms with Crippen molar-refractivity contribution in [2.75, 3.05) is 6.54 Å². The molecule has 2 rings (SSSR count). The molecule has 0 radical (unpaired) electrons. The van der Waals surface area contributed by atoms with Gasteiger partial charge in [-0.25, -0.2) is 0 Å². The minimum Gasteiger partial charge on any atom is -0.481 e. The molecule has 0 aliphatic carbocycles. The molecule has 1 aliphatic rings. The van der Waals surface area contributed by atoms with Gasteiger partial charge < -0.3 is 25.9 Å². The first-order valence-electron chi connectivity index (χ1n) is 8.84. The maximum atomic E-state index is 12.8. The summed E-state index contributed by atoms with van der Waals surface area (Å²) in [6, 6.07) is 6.54. The molecule has 1 heterocycles. The Bertz CT molecular complexity index is 707. The molecule has 8 heteroatoms. The van der Waals surface area contributed by atoms with Crippen LogP contribution in [0.2, 0.25) is 0 Å². The normalized spacial score (nSPS) is 21.1. The maximum Gasteiger partial charge on any atom is 0.305 e. The van der Waals surface area contributed by atoms with Crippen LogP contribution in [0, 0.1) is 5.92 Å². The third-order valence-corrected chi connectivity index (χ3v) is 4.78. The molecule has 146 valence electrons. The Morgan fingerprint density at radius 1 is 1.30 bits per heavy atom. The number of carbonyl (C=O) groups is 4. The van der Waals surface area contributed by atoms with E-state index in [0.717, 1.165) is 5.56 Å². The third kappa shape index (κ3) is 4.71. The van der Waals surface area contributed by atoms with Gasteiger partial charge in [0.25, 0.3) is 0 Å². The van der Waals surface area contributed by atoms with Crippen LogP contribution in [0.4, 0.5) is 0 Å². The average Bonchev–Trinajstić information content (AvgIpc) is 2.59. The molecule has 0 spiro atoms. The molecule has 1 fully saturated rings. The van der Waals surface area contributed by atoms with Crippen molar-refractivity contribution in [3.63, 3.8) is 0 Å². The number of hydrogen-bond acceptors (Lipinski definition) is 5. The van der Waals surface area contributed by atoms with Gasteiger partial charge in [0.05, 0.1) is 18.5 Å². The van der Waals surface area contributed by atoms with Crippen LogP contribution in [0.3, 0.4) is 0 Å². The number of carboxylic acid groups (broad SMARTS) is 1. The van der Waals surface area contributed by atoms with Gasteiger partial charge in [-0.3, -0.25) is 14.4 Å². The number of carbonyl (C=O) groups excluding carboxylic acids is 3. The van der Waals surface area contributed by atoms with Crippen molar-refractivity contribution in [1.29, 1.82) is 0 Å². The van der Waals surface area contributed by atoms with E-state index in [1.165, 1.54) is 4.90 Å². The Balaban J connectivity index is 2.22. The number of amides is 2. The van der Waals surface area contributed by atoms with Crippen LogP contribution in [0.5, 0.6) is 0 Å². The molecule has 1 saturated heterocycles. The van der Waals surface area contributed by atoms with Crippen molar-refractivity contribution in [2.45, 2.75) is 44.3 Å². The molecule has 27 heavy (non-hydrogen) atoms. The summed E-state index contributed by atoms with van der Waals surface area (Å²) in [6.07, 6.45) is -0.133. The van der Waals surface area contributed by atoms with Crippen molar-refractivity contribution in [2.24, 2.45) is 11.7 Å². The van der Waals surface area contributed by atoms with Crippen molar-refractivity contribution in [3.8, 4) is 0 Å². The summed E-state index contributed by atoms with van der Waals surface area (Å²) in [6.45, 7) is 3.98. The van der Waals surface area contributed by atoms with Crippen molar-refractivity contribution < 1.29 is 24.3 Å². The van der Waals surface area contributed by atoms with Crippen LogP contribution in [-0.2, 0) is 19.2 Å². The SMILES string of the molecule is CC(C)[C@H](N)C(=O)N1CC(c2ccccc2)[C@H]1C(=O)N[C@H](C=O)CC(=O)O. The molecule has 1 aromatic carbocycles. The first-order valence-corrected chi connectivity index (χ1v) is 8.84. The van der Waals surface area contributed by atoms with Crippen molar-refractivity contribution in [1.82, 2.24) is 10.2 Å². The first kappa shape index (κ1) is 20.6. The van der Waals surface area contributed by atoms with Crippen LogP contribution >= 0.6 is 0 Å². The molecule has 4 atom stereocenters. The lowest BCUT2D eigenvalue weighted by atomic mass is 9.80. The minimum atomic E-state index is -1.20. The van der Waals surface area contributed by atoms with Crippen LogP contribution in [0.15, 0.2) is 30.3 Å². The van der Waals surface area contributed by atoms with Crippen LogP contribution in [-0.4, -0.2) is 58.7 Å². The third-order valence-electron chi connectivity index (χ3n) is 4.78. The van der Waals surface area contributed by atoms with Crippen molar-refractivity contribution in [3.05, 3.63) is 35.9 Å². The van der Waals surface area contributed by atoms with Gasteiger partial charge in [-0.05, 0) is 11.5 Å². The smallest absolute Gasteiger partial charge is 0.305 e. The lowest BCUT2D eigenvalue weighted by Gasteiger charge is -2.48. The second-order valence-electron chi connectivity index (χ2n) is 7.07. The van der Waals surface area contributed by atoms with E-state index in [4.69, 9.17) is 10.8 Å². The molecule has 8 nitrogen and oxygen atoms in total. The fourth-order valence-corrected chi connectivity index (χ4v) is 3.11. The largest absolute Gasteiger partial charge is 0.481 e. The highest BCUT2D eigenvalue weighted by molar-refractivity contribution is 5.94. The van der Waals surface area contributed by atoms with Crippen LogP contribution in [0.1, 0.15) is 31.7 Å². The molecule has 2 amide bonds. The summed E-state index contributed by atoms with van der Waals surface area (Å²) in [5.41, 5.74) is 6.84. The Hall–Kier alpha value is -2.74. The topological polar surface area (TPSA) is 130 Å². The van der Waals surface area contributed by atoms with E-state index >= 15 is 0 Å². The van der Waals surface area contributed by atoms with E-state index < -0.39 is 36.4 Å². The lowest BCUT2D eigenvalue weighted by Crippen LogP contribution is -2.67. The van der Waals surface area contributed by atoms with Gasteiger partial charge in [0.1, 0.15) is 12.3 Å².